The Hall–Kier alpha value is -1.36. The van der Waals surface area contributed by atoms with Gasteiger partial charge in [0.25, 0.3) is 0 Å². The van der Waals surface area contributed by atoms with Gasteiger partial charge in [-0.1, -0.05) is 6.08 Å². The molecular formula is C10H17NO4. The molecule has 0 aromatic rings. The van der Waals surface area contributed by atoms with Crippen LogP contribution in [0.5, 0.6) is 0 Å². The number of nitrogens with one attached hydrogen (secondary N) is 1. The molecule has 0 heterocycles. The Bertz CT molecular complexity index is 240. The van der Waals surface area contributed by atoms with Crippen LogP contribution in [-0.4, -0.2) is 35.7 Å². The second-order valence-corrected chi connectivity index (χ2v) is 3.16. The molecule has 5 nitrogen and oxygen atoms in total. The summed E-state index contributed by atoms with van der Waals surface area (Å²) in [5.41, 5.74) is 0. The fourth-order valence-corrected chi connectivity index (χ4v) is 0.796. The molecule has 0 saturated carbocycles. The Morgan fingerprint density at radius 2 is 2.13 bits per heavy atom. The van der Waals surface area contributed by atoms with Crippen LogP contribution in [0.3, 0.4) is 0 Å². The molecule has 1 amide bonds. The zero-order valence-electron chi connectivity index (χ0n) is 9.03. The molecule has 0 fully saturated rings. The van der Waals surface area contributed by atoms with Crippen molar-refractivity contribution in [3.05, 3.63) is 12.7 Å². The van der Waals surface area contributed by atoms with E-state index in [-0.39, 0.29) is 0 Å². The van der Waals surface area contributed by atoms with Gasteiger partial charge in [-0.3, -0.25) is 9.59 Å². The fraction of sp³-hybridized carbons (Fsp3) is 0.600. The topological polar surface area (TPSA) is 75.6 Å². The smallest absolute Gasteiger partial charge is 0.325 e. The number of hydrogen-bond donors (Lipinski definition) is 2. The number of carboxylic acid groups (broad SMARTS) is 1. The Morgan fingerprint density at radius 3 is 2.60 bits per heavy atom. The average Bonchev–Trinajstić information content (AvgIpc) is 2.17. The van der Waals surface area contributed by atoms with Gasteiger partial charge in [0.15, 0.2) is 0 Å². The highest BCUT2D eigenvalue weighted by molar-refractivity contribution is 5.85. The van der Waals surface area contributed by atoms with E-state index in [0.717, 1.165) is 0 Å². The van der Waals surface area contributed by atoms with Crippen molar-refractivity contribution >= 4 is 11.9 Å². The van der Waals surface area contributed by atoms with Crippen LogP contribution in [0.15, 0.2) is 12.7 Å². The molecule has 0 aromatic carbocycles. The van der Waals surface area contributed by atoms with Crippen LogP contribution in [0.1, 0.15) is 20.3 Å². The number of carbonyl (C=O) groups excluding carboxylic acids is 1. The van der Waals surface area contributed by atoms with E-state index >= 15 is 0 Å². The predicted molar refractivity (Wildman–Crippen MR) is 55.5 cm³/mol. The Kier molecular flexibility index (Phi) is 6.37. The first-order valence-corrected chi connectivity index (χ1v) is 4.74. The lowest BCUT2D eigenvalue weighted by molar-refractivity contribution is -0.143. The number of carbonyl (C=O) groups is 2. The van der Waals surface area contributed by atoms with Crippen molar-refractivity contribution in [3.63, 3.8) is 0 Å². The lowest BCUT2D eigenvalue weighted by Gasteiger charge is -2.14. The standard InChI is InChI=1S/C10H17NO4/c1-4-5-6-15-8(3)9(12)11-7(2)10(13)14/h4,7-8H,1,5-6H2,2-3H3,(H,11,12)(H,13,14)/t7-,8?/m1/s1. The molecular weight excluding hydrogens is 198 g/mol. The zero-order valence-corrected chi connectivity index (χ0v) is 9.03. The van der Waals surface area contributed by atoms with Crippen LogP contribution in [0.2, 0.25) is 0 Å². The van der Waals surface area contributed by atoms with Gasteiger partial charge in [-0.2, -0.15) is 0 Å². The molecule has 2 atom stereocenters. The number of ether oxygens (including phenoxy) is 1. The minimum Gasteiger partial charge on any atom is -0.480 e. The van der Waals surface area contributed by atoms with E-state index < -0.39 is 24.0 Å². The van der Waals surface area contributed by atoms with E-state index in [2.05, 4.69) is 11.9 Å². The molecule has 0 aliphatic carbocycles. The van der Waals surface area contributed by atoms with Crippen LogP contribution in [0.4, 0.5) is 0 Å². The molecule has 86 valence electrons. The normalized spacial score (nSPS) is 14.0. The van der Waals surface area contributed by atoms with E-state index in [1.54, 1.807) is 13.0 Å². The van der Waals surface area contributed by atoms with E-state index in [9.17, 15) is 9.59 Å². The second-order valence-electron chi connectivity index (χ2n) is 3.16. The van der Waals surface area contributed by atoms with Crippen molar-refractivity contribution in [1.82, 2.24) is 5.32 Å². The van der Waals surface area contributed by atoms with Gasteiger partial charge >= 0.3 is 5.97 Å². The highest BCUT2D eigenvalue weighted by atomic mass is 16.5. The maximum Gasteiger partial charge on any atom is 0.325 e. The lowest BCUT2D eigenvalue weighted by Crippen LogP contribution is -2.43. The van der Waals surface area contributed by atoms with Crippen molar-refractivity contribution in [3.8, 4) is 0 Å². The highest BCUT2D eigenvalue weighted by Crippen LogP contribution is 1.94. The first-order valence-electron chi connectivity index (χ1n) is 4.74. The molecule has 0 aliphatic heterocycles. The number of rotatable bonds is 7. The van der Waals surface area contributed by atoms with Crippen molar-refractivity contribution in [2.24, 2.45) is 0 Å². The van der Waals surface area contributed by atoms with Gasteiger partial charge in [0.2, 0.25) is 5.91 Å². The number of amides is 1. The van der Waals surface area contributed by atoms with Gasteiger partial charge in [0.05, 0.1) is 6.61 Å². The third-order valence-corrected chi connectivity index (χ3v) is 1.79. The molecule has 0 saturated heterocycles. The third-order valence-electron chi connectivity index (χ3n) is 1.79. The summed E-state index contributed by atoms with van der Waals surface area (Å²) in [6, 6.07) is -0.900. The average molecular weight is 215 g/mol. The summed E-state index contributed by atoms with van der Waals surface area (Å²) in [6.07, 6.45) is 1.70. The van der Waals surface area contributed by atoms with Crippen LogP contribution >= 0.6 is 0 Å². The summed E-state index contributed by atoms with van der Waals surface area (Å²) in [5, 5.41) is 10.9. The van der Waals surface area contributed by atoms with Crippen LogP contribution in [0.25, 0.3) is 0 Å². The summed E-state index contributed by atoms with van der Waals surface area (Å²) in [5.74, 6) is -1.49. The molecule has 0 spiro atoms. The summed E-state index contributed by atoms with van der Waals surface area (Å²) in [7, 11) is 0. The largest absolute Gasteiger partial charge is 0.480 e. The van der Waals surface area contributed by atoms with E-state index in [4.69, 9.17) is 9.84 Å². The fourth-order valence-electron chi connectivity index (χ4n) is 0.796. The van der Waals surface area contributed by atoms with Crippen molar-refractivity contribution in [1.29, 1.82) is 0 Å². The zero-order chi connectivity index (χ0) is 11.8. The third kappa shape index (κ3) is 5.85. The van der Waals surface area contributed by atoms with E-state index in [1.807, 2.05) is 0 Å². The van der Waals surface area contributed by atoms with Crippen LogP contribution < -0.4 is 5.32 Å². The first-order chi connectivity index (χ1) is 6.99. The maximum absolute atomic E-state index is 11.3. The Labute approximate surface area is 89.1 Å². The number of aliphatic carboxylic acids is 1. The number of carboxylic acids is 1. The van der Waals surface area contributed by atoms with Crippen LogP contribution in [0, 0.1) is 0 Å². The summed E-state index contributed by atoms with van der Waals surface area (Å²) in [4.78, 5) is 21.8. The molecule has 2 N–H and O–H groups in total. The van der Waals surface area contributed by atoms with Gasteiger partial charge < -0.3 is 15.2 Å². The van der Waals surface area contributed by atoms with Gasteiger partial charge in [0.1, 0.15) is 12.1 Å². The minimum absolute atomic E-state index is 0.402. The van der Waals surface area contributed by atoms with Crippen LogP contribution in [-0.2, 0) is 14.3 Å². The Morgan fingerprint density at radius 1 is 1.53 bits per heavy atom. The Balaban J connectivity index is 3.88. The van der Waals surface area contributed by atoms with Crippen molar-refractivity contribution < 1.29 is 19.4 Å². The van der Waals surface area contributed by atoms with Crippen molar-refractivity contribution in [2.45, 2.75) is 32.4 Å². The van der Waals surface area contributed by atoms with Gasteiger partial charge in [0, 0.05) is 0 Å². The molecule has 0 aliphatic rings. The van der Waals surface area contributed by atoms with Gasteiger partial charge in [-0.25, -0.2) is 0 Å². The van der Waals surface area contributed by atoms with Gasteiger partial charge in [-0.15, -0.1) is 6.58 Å². The summed E-state index contributed by atoms with van der Waals surface area (Å²) < 4.78 is 5.15. The van der Waals surface area contributed by atoms with Gasteiger partial charge in [-0.05, 0) is 20.3 Å². The minimum atomic E-state index is -1.07. The molecule has 0 bridgehead atoms. The molecule has 1 unspecified atom stereocenters. The number of hydrogen-bond acceptors (Lipinski definition) is 3. The SMILES string of the molecule is C=CCCOC(C)C(=O)N[C@H](C)C(=O)O. The summed E-state index contributed by atoms with van der Waals surface area (Å²) >= 11 is 0. The quantitative estimate of drug-likeness (QED) is 0.480. The highest BCUT2D eigenvalue weighted by Gasteiger charge is 2.18. The molecule has 15 heavy (non-hydrogen) atoms. The monoisotopic (exact) mass is 215 g/mol. The molecule has 0 aromatic heterocycles. The second kappa shape index (κ2) is 7.00. The van der Waals surface area contributed by atoms with E-state index in [0.29, 0.717) is 13.0 Å². The molecule has 0 radical (unpaired) electrons. The van der Waals surface area contributed by atoms with Crippen molar-refractivity contribution in [2.75, 3.05) is 6.61 Å². The lowest BCUT2D eigenvalue weighted by atomic mass is 10.3. The predicted octanol–water partition coefficient (Wildman–Crippen LogP) is 0.557. The maximum atomic E-state index is 11.3. The summed E-state index contributed by atoms with van der Waals surface area (Å²) in [6.45, 7) is 6.89. The first kappa shape index (κ1) is 13.6. The van der Waals surface area contributed by atoms with E-state index in [1.165, 1.54) is 6.92 Å². The molecule has 0 rings (SSSR count). The molecule has 5 heteroatoms.